The molecular formula is C10H10N2S. The average Bonchev–Trinajstić information content (AvgIpc) is 2.62. The molecule has 2 rings (SSSR count). The highest BCUT2D eigenvalue weighted by Crippen LogP contribution is 2.21. The second-order valence-corrected chi connectivity index (χ2v) is 3.67. The zero-order valence-electron chi connectivity index (χ0n) is 7.03. The molecule has 0 aliphatic carbocycles. The number of nitrogens with one attached hydrogen (secondary N) is 1. The lowest BCUT2D eigenvalue weighted by Gasteiger charge is -2.02. The second kappa shape index (κ2) is 3.49. The second-order valence-electron chi connectivity index (χ2n) is 2.72. The molecule has 0 saturated carbocycles. The highest BCUT2D eigenvalue weighted by molar-refractivity contribution is 7.14. The van der Waals surface area contributed by atoms with Gasteiger partial charge in [-0.1, -0.05) is 0 Å². The predicted octanol–water partition coefficient (Wildman–Crippen LogP) is 3.07. The number of rotatable bonds is 2. The number of thiophene rings is 1. The monoisotopic (exact) mass is 190 g/mol. The van der Waals surface area contributed by atoms with E-state index in [0.717, 1.165) is 16.4 Å². The fourth-order valence-electron chi connectivity index (χ4n) is 1.06. The molecule has 1 heterocycles. The van der Waals surface area contributed by atoms with Crippen LogP contribution in [0.25, 0.3) is 0 Å². The third-order valence-corrected chi connectivity index (χ3v) is 2.48. The summed E-state index contributed by atoms with van der Waals surface area (Å²) >= 11 is 1.68. The van der Waals surface area contributed by atoms with Crippen molar-refractivity contribution in [2.75, 3.05) is 11.1 Å². The van der Waals surface area contributed by atoms with Crippen molar-refractivity contribution in [2.45, 2.75) is 0 Å². The van der Waals surface area contributed by atoms with Gasteiger partial charge in [0.05, 0.1) is 5.00 Å². The lowest BCUT2D eigenvalue weighted by molar-refractivity contribution is 1.60. The van der Waals surface area contributed by atoms with E-state index < -0.39 is 0 Å². The summed E-state index contributed by atoms with van der Waals surface area (Å²) in [5, 5.41) is 6.46. The normalized spacial score (nSPS) is 9.85. The minimum Gasteiger partial charge on any atom is -0.399 e. The van der Waals surface area contributed by atoms with Crippen LogP contribution in [0.15, 0.2) is 41.8 Å². The predicted molar refractivity (Wildman–Crippen MR) is 58.5 cm³/mol. The molecule has 0 spiro atoms. The van der Waals surface area contributed by atoms with Gasteiger partial charge in [-0.25, -0.2) is 0 Å². The highest BCUT2D eigenvalue weighted by Gasteiger charge is 1.93. The molecule has 1 aromatic heterocycles. The number of nitrogen functional groups attached to an aromatic ring is 1. The van der Waals surface area contributed by atoms with Gasteiger partial charge in [0, 0.05) is 11.4 Å². The van der Waals surface area contributed by atoms with Crippen LogP contribution in [0.3, 0.4) is 0 Å². The largest absolute Gasteiger partial charge is 0.399 e. The Hall–Kier alpha value is -1.48. The minimum atomic E-state index is 0.789. The van der Waals surface area contributed by atoms with E-state index in [-0.39, 0.29) is 0 Å². The van der Waals surface area contributed by atoms with Gasteiger partial charge in [-0.2, -0.15) is 0 Å². The lowest BCUT2D eigenvalue weighted by Crippen LogP contribution is -1.88. The summed E-state index contributed by atoms with van der Waals surface area (Å²) < 4.78 is 0. The number of hydrogen-bond donors (Lipinski definition) is 2. The van der Waals surface area contributed by atoms with Crippen LogP contribution in [0.1, 0.15) is 0 Å². The van der Waals surface area contributed by atoms with Crippen molar-refractivity contribution in [3.63, 3.8) is 0 Å². The maximum Gasteiger partial charge on any atom is 0.0926 e. The van der Waals surface area contributed by atoms with E-state index in [1.54, 1.807) is 11.3 Å². The molecule has 66 valence electrons. The molecule has 0 aliphatic heterocycles. The Bertz CT molecular complexity index is 364. The average molecular weight is 190 g/mol. The van der Waals surface area contributed by atoms with Gasteiger partial charge >= 0.3 is 0 Å². The van der Waals surface area contributed by atoms with Gasteiger partial charge in [-0.15, -0.1) is 11.3 Å². The fraction of sp³-hybridized carbons (Fsp3) is 0. The molecule has 2 nitrogen and oxygen atoms in total. The van der Waals surface area contributed by atoms with Crippen LogP contribution >= 0.6 is 11.3 Å². The van der Waals surface area contributed by atoms with E-state index in [1.165, 1.54) is 0 Å². The van der Waals surface area contributed by atoms with Gasteiger partial charge in [0.25, 0.3) is 0 Å². The Morgan fingerprint density at radius 1 is 1.08 bits per heavy atom. The first-order chi connectivity index (χ1) is 6.34. The molecule has 3 N–H and O–H groups in total. The Labute approximate surface area is 81.0 Å². The van der Waals surface area contributed by atoms with Crippen LogP contribution < -0.4 is 11.1 Å². The van der Waals surface area contributed by atoms with Crippen LogP contribution in [-0.2, 0) is 0 Å². The van der Waals surface area contributed by atoms with Crippen LogP contribution in [0, 0.1) is 0 Å². The van der Waals surface area contributed by atoms with E-state index in [9.17, 15) is 0 Å². The van der Waals surface area contributed by atoms with Crippen LogP contribution in [0.2, 0.25) is 0 Å². The number of hydrogen-bond acceptors (Lipinski definition) is 3. The molecule has 2 aromatic rings. The van der Waals surface area contributed by atoms with Crippen molar-refractivity contribution in [3.8, 4) is 0 Å². The van der Waals surface area contributed by atoms with E-state index in [1.807, 2.05) is 41.8 Å². The Kier molecular flexibility index (Phi) is 2.19. The summed E-state index contributed by atoms with van der Waals surface area (Å²) in [6.07, 6.45) is 0. The summed E-state index contributed by atoms with van der Waals surface area (Å²) in [5.74, 6) is 0. The van der Waals surface area contributed by atoms with Crippen molar-refractivity contribution in [3.05, 3.63) is 41.8 Å². The number of benzene rings is 1. The zero-order chi connectivity index (χ0) is 9.10. The zero-order valence-corrected chi connectivity index (χ0v) is 7.84. The van der Waals surface area contributed by atoms with Gasteiger partial charge in [-0.3, -0.25) is 0 Å². The topological polar surface area (TPSA) is 38.0 Å². The molecule has 0 bridgehead atoms. The molecule has 0 aliphatic rings. The third-order valence-electron chi connectivity index (χ3n) is 1.70. The maximum absolute atomic E-state index is 5.57. The molecular weight excluding hydrogens is 180 g/mol. The van der Waals surface area contributed by atoms with E-state index in [2.05, 4.69) is 5.32 Å². The lowest BCUT2D eigenvalue weighted by atomic mass is 10.3. The molecule has 1 aromatic carbocycles. The Morgan fingerprint density at radius 3 is 2.46 bits per heavy atom. The van der Waals surface area contributed by atoms with Crippen LogP contribution in [-0.4, -0.2) is 0 Å². The SMILES string of the molecule is Nc1ccc(Nc2cccs2)cc1. The quantitative estimate of drug-likeness (QED) is 0.714. The number of nitrogens with two attached hydrogens (primary N) is 1. The van der Waals surface area contributed by atoms with Gasteiger partial charge in [0.15, 0.2) is 0 Å². The van der Waals surface area contributed by atoms with Gasteiger partial charge in [0.1, 0.15) is 0 Å². The first-order valence-corrected chi connectivity index (χ1v) is 4.88. The smallest absolute Gasteiger partial charge is 0.0926 e. The van der Waals surface area contributed by atoms with Crippen LogP contribution in [0.4, 0.5) is 16.4 Å². The molecule has 0 saturated heterocycles. The summed E-state index contributed by atoms with van der Waals surface area (Å²) in [4.78, 5) is 0. The summed E-state index contributed by atoms with van der Waals surface area (Å²) in [6.45, 7) is 0. The Balaban J connectivity index is 2.15. The summed E-state index contributed by atoms with van der Waals surface area (Å²) in [6, 6.07) is 11.8. The molecule has 0 atom stereocenters. The molecule has 0 fully saturated rings. The first-order valence-electron chi connectivity index (χ1n) is 4.01. The van der Waals surface area contributed by atoms with Crippen molar-refractivity contribution in [1.82, 2.24) is 0 Å². The first kappa shape index (κ1) is 8.13. The van der Waals surface area contributed by atoms with Crippen molar-refractivity contribution in [1.29, 1.82) is 0 Å². The van der Waals surface area contributed by atoms with Crippen molar-refractivity contribution >= 4 is 27.7 Å². The van der Waals surface area contributed by atoms with E-state index in [0.29, 0.717) is 0 Å². The fourth-order valence-corrected chi connectivity index (χ4v) is 1.70. The number of anilines is 3. The van der Waals surface area contributed by atoms with Crippen molar-refractivity contribution < 1.29 is 0 Å². The molecule has 0 radical (unpaired) electrons. The molecule has 0 unspecified atom stereocenters. The standard InChI is InChI=1S/C10H10N2S/c11-8-3-5-9(6-4-8)12-10-2-1-7-13-10/h1-7,12H,11H2. The van der Waals surface area contributed by atoms with E-state index in [4.69, 9.17) is 5.73 Å². The van der Waals surface area contributed by atoms with Gasteiger partial charge < -0.3 is 11.1 Å². The Morgan fingerprint density at radius 2 is 1.85 bits per heavy atom. The van der Waals surface area contributed by atoms with Crippen molar-refractivity contribution in [2.24, 2.45) is 0 Å². The molecule has 0 amide bonds. The van der Waals surface area contributed by atoms with Gasteiger partial charge in [0.2, 0.25) is 0 Å². The summed E-state index contributed by atoms with van der Waals surface area (Å²) in [5.41, 5.74) is 7.43. The maximum atomic E-state index is 5.57. The van der Waals surface area contributed by atoms with E-state index >= 15 is 0 Å². The third kappa shape index (κ3) is 2.00. The summed E-state index contributed by atoms with van der Waals surface area (Å²) in [7, 11) is 0. The molecule has 3 heteroatoms. The highest BCUT2D eigenvalue weighted by atomic mass is 32.1. The molecule has 13 heavy (non-hydrogen) atoms. The van der Waals surface area contributed by atoms with Gasteiger partial charge in [-0.05, 0) is 41.8 Å². The van der Waals surface area contributed by atoms with Crippen LogP contribution in [0.5, 0.6) is 0 Å². The minimum absolute atomic E-state index is 0.789.